The summed E-state index contributed by atoms with van der Waals surface area (Å²) in [6, 6.07) is 8.41. The van der Waals surface area contributed by atoms with E-state index in [1.807, 2.05) is 12.1 Å². The lowest BCUT2D eigenvalue weighted by Gasteiger charge is -2.31. The summed E-state index contributed by atoms with van der Waals surface area (Å²) in [4.78, 5) is 0. The molecule has 0 aliphatic carbocycles. The lowest BCUT2D eigenvalue weighted by atomic mass is 9.86. The number of rotatable bonds is 5. The molecule has 3 heteroatoms. The largest absolute Gasteiger partial charge is 0.493 e. The van der Waals surface area contributed by atoms with Gasteiger partial charge in [-0.15, -0.1) is 0 Å². The average Bonchev–Trinajstić information content (AvgIpc) is 2.44. The summed E-state index contributed by atoms with van der Waals surface area (Å²) in [7, 11) is 1.76. The molecule has 1 aliphatic rings. The lowest BCUT2D eigenvalue weighted by Crippen LogP contribution is -2.39. The van der Waals surface area contributed by atoms with Crippen LogP contribution < -0.4 is 10.5 Å². The Morgan fingerprint density at radius 2 is 2.16 bits per heavy atom. The van der Waals surface area contributed by atoms with Crippen LogP contribution in [-0.4, -0.2) is 25.4 Å². The van der Waals surface area contributed by atoms with E-state index in [-0.39, 0.29) is 11.6 Å². The van der Waals surface area contributed by atoms with Gasteiger partial charge >= 0.3 is 0 Å². The first kappa shape index (κ1) is 14.4. The van der Waals surface area contributed by atoms with Gasteiger partial charge in [-0.25, -0.2) is 0 Å². The van der Waals surface area contributed by atoms with Crippen LogP contribution in [0.2, 0.25) is 0 Å². The maximum Gasteiger partial charge on any atom is 0.122 e. The Kier molecular flexibility index (Phi) is 4.48. The summed E-state index contributed by atoms with van der Waals surface area (Å²) in [6.07, 6.45) is 2.96. The van der Waals surface area contributed by atoms with Gasteiger partial charge in [0.25, 0.3) is 0 Å². The second-order valence-electron chi connectivity index (χ2n) is 6.05. The lowest BCUT2D eigenvalue weighted by molar-refractivity contribution is 0.0104. The molecule has 0 spiro atoms. The zero-order valence-electron chi connectivity index (χ0n) is 12.2. The molecule has 0 bridgehead atoms. The predicted molar refractivity (Wildman–Crippen MR) is 77.4 cm³/mol. The normalized spacial score (nSPS) is 20.5. The van der Waals surface area contributed by atoms with Gasteiger partial charge in [0.15, 0.2) is 0 Å². The quantitative estimate of drug-likeness (QED) is 0.888. The number of hydrogen-bond donors (Lipinski definition) is 1. The summed E-state index contributed by atoms with van der Waals surface area (Å²) < 4.78 is 11.2. The van der Waals surface area contributed by atoms with E-state index in [0.717, 1.165) is 31.6 Å². The van der Waals surface area contributed by atoms with Crippen LogP contribution in [0.15, 0.2) is 24.3 Å². The first-order valence-electron chi connectivity index (χ1n) is 7.03. The minimum absolute atomic E-state index is 0.0922. The SMILES string of the molecule is COC(C)(C)CCC(N)C1COc2ccccc2C1. The minimum atomic E-state index is -0.0922. The van der Waals surface area contributed by atoms with Gasteiger partial charge in [0.2, 0.25) is 0 Å². The van der Waals surface area contributed by atoms with Crippen molar-refractivity contribution in [2.24, 2.45) is 11.7 Å². The highest BCUT2D eigenvalue weighted by Gasteiger charge is 2.26. The fourth-order valence-electron chi connectivity index (χ4n) is 2.48. The molecule has 0 amide bonds. The Balaban J connectivity index is 1.90. The van der Waals surface area contributed by atoms with Crippen molar-refractivity contribution in [3.05, 3.63) is 29.8 Å². The van der Waals surface area contributed by atoms with Gasteiger partial charge in [-0.2, -0.15) is 0 Å². The van der Waals surface area contributed by atoms with Crippen molar-refractivity contribution in [1.29, 1.82) is 0 Å². The smallest absolute Gasteiger partial charge is 0.122 e. The number of ether oxygens (including phenoxy) is 2. The number of hydrogen-bond acceptors (Lipinski definition) is 3. The molecule has 1 aliphatic heterocycles. The highest BCUT2D eigenvalue weighted by atomic mass is 16.5. The Labute approximate surface area is 116 Å². The van der Waals surface area contributed by atoms with E-state index in [1.165, 1.54) is 5.56 Å². The van der Waals surface area contributed by atoms with Crippen LogP contribution in [0.4, 0.5) is 0 Å². The highest BCUT2D eigenvalue weighted by molar-refractivity contribution is 5.35. The fraction of sp³-hybridized carbons (Fsp3) is 0.625. The van der Waals surface area contributed by atoms with Crippen LogP contribution in [0.25, 0.3) is 0 Å². The zero-order chi connectivity index (χ0) is 13.9. The minimum Gasteiger partial charge on any atom is -0.493 e. The van der Waals surface area contributed by atoms with Crippen LogP contribution in [-0.2, 0) is 11.2 Å². The Morgan fingerprint density at radius 1 is 1.42 bits per heavy atom. The molecule has 19 heavy (non-hydrogen) atoms. The third-order valence-electron chi connectivity index (χ3n) is 4.15. The maximum atomic E-state index is 6.33. The third kappa shape index (κ3) is 3.71. The molecule has 0 saturated carbocycles. The average molecular weight is 263 g/mol. The number of fused-ring (bicyclic) bond motifs is 1. The van der Waals surface area contributed by atoms with Gasteiger partial charge in [-0.3, -0.25) is 0 Å². The van der Waals surface area contributed by atoms with Gasteiger partial charge in [0, 0.05) is 19.1 Å². The first-order chi connectivity index (χ1) is 9.02. The van der Waals surface area contributed by atoms with E-state index in [4.69, 9.17) is 15.2 Å². The van der Waals surface area contributed by atoms with Crippen molar-refractivity contribution in [3.8, 4) is 5.75 Å². The number of nitrogens with two attached hydrogens (primary N) is 1. The first-order valence-corrected chi connectivity index (χ1v) is 7.03. The molecule has 1 heterocycles. The molecule has 0 saturated heterocycles. The maximum absolute atomic E-state index is 6.33. The van der Waals surface area contributed by atoms with E-state index in [9.17, 15) is 0 Å². The molecule has 2 N–H and O–H groups in total. The molecule has 0 radical (unpaired) electrons. The third-order valence-corrected chi connectivity index (χ3v) is 4.15. The monoisotopic (exact) mass is 263 g/mol. The standard InChI is InChI=1S/C16H25NO2/c1-16(2,18-3)9-8-14(17)13-10-12-6-4-5-7-15(12)19-11-13/h4-7,13-14H,8-11,17H2,1-3H3. The van der Waals surface area contributed by atoms with Gasteiger partial charge in [0.05, 0.1) is 12.2 Å². The van der Waals surface area contributed by atoms with Crippen LogP contribution in [0.1, 0.15) is 32.3 Å². The number of benzene rings is 1. The van der Waals surface area contributed by atoms with Crippen molar-refractivity contribution in [2.45, 2.75) is 44.8 Å². The molecular formula is C16H25NO2. The van der Waals surface area contributed by atoms with E-state index in [0.29, 0.717) is 5.92 Å². The van der Waals surface area contributed by atoms with Crippen molar-refractivity contribution in [3.63, 3.8) is 0 Å². The molecule has 2 rings (SSSR count). The Bertz CT molecular complexity index is 417. The van der Waals surface area contributed by atoms with E-state index in [2.05, 4.69) is 26.0 Å². The summed E-state index contributed by atoms with van der Waals surface area (Å²) in [6.45, 7) is 4.93. The van der Waals surface area contributed by atoms with E-state index < -0.39 is 0 Å². The molecule has 3 nitrogen and oxygen atoms in total. The van der Waals surface area contributed by atoms with E-state index in [1.54, 1.807) is 7.11 Å². The van der Waals surface area contributed by atoms with Crippen molar-refractivity contribution in [2.75, 3.05) is 13.7 Å². The van der Waals surface area contributed by atoms with Crippen LogP contribution in [0.5, 0.6) is 5.75 Å². The topological polar surface area (TPSA) is 44.5 Å². The molecule has 1 aromatic rings. The van der Waals surface area contributed by atoms with Gasteiger partial charge < -0.3 is 15.2 Å². The summed E-state index contributed by atoms with van der Waals surface area (Å²) >= 11 is 0. The van der Waals surface area contributed by atoms with Crippen LogP contribution in [0.3, 0.4) is 0 Å². The number of methoxy groups -OCH3 is 1. The molecule has 1 aromatic carbocycles. The van der Waals surface area contributed by atoms with E-state index >= 15 is 0 Å². The molecular weight excluding hydrogens is 238 g/mol. The van der Waals surface area contributed by atoms with Gasteiger partial charge in [0.1, 0.15) is 5.75 Å². The Morgan fingerprint density at radius 3 is 2.89 bits per heavy atom. The molecule has 2 atom stereocenters. The molecule has 106 valence electrons. The molecule has 0 aromatic heterocycles. The summed E-state index contributed by atoms with van der Waals surface area (Å²) in [5.74, 6) is 1.42. The zero-order valence-corrected chi connectivity index (χ0v) is 12.2. The van der Waals surface area contributed by atoms with Crippen LogP contribution in [0, 0.1) is 5.92 Å². The summed E-state index contributed by atoms with van der Waals surface area (Å²) in [5, 5.41) is 0. The van der Waals surface area contributed by atoms with Crippen LogP contribution >= 0.6 is 0 Å². The van der Waals surface area contributed by atoms with Crippen molar-refractivity contribution < 1.29 is 9.47 Å². The van der Waals surface area contributed by atoms with Gasteiger partial charge in [-0.05, 0) is 44.7 Å². The fourth-order valence-corrected chi connectivity index (χ4v) is 2.48. The van der Waals surface area contributed by atoms with Crippen molar-refractivity contribution >= 4 is 0 Å². The molecule has 0 fully saturated rings. The second kappa shape index (κ2) is 5.93. The summed E-state index contributed by atoms with van der Waals surface area (Å²) in [5.41, 5.74) is 7.52. The predicted octanol–water partition coefficient (Wildman–Crippen LogP) is 2.77. The molecule has 2 unspecified atom stereocenters. The van der Waals surface area contributed by atoms with Gasteiger partial charge in [-0.1, -0.05) is 18.2 Å². The number of para-hydroxylation sites is 1. The Hall–Kier alpha value is -1.06. The highest BCUT2D eigenvalue weighted by Crippen LogP contribution is 2.29. The second-order valence-corrected chi connectivity index (χ2v) is 6.05. The van der Waals surface area contributed by atoms with Crippen molar-refractivity contribution in [1.82, 2.24) is 0 Å².